The van der Waals surface area contributed by atoms with Crippen LogP contribution in [-0.2, 0) is 26.2 Å². The minimum Gasteiger partial charge on any atom is -0.352 e. The Balaban J connectivity index is 2.04. The molecule has 7 nitrogen and oxygen atoms in total. The molecule has 1 N–H and O–H groups in total. The van der Waals surface area contributed by atoms with E-state index in [2.05, 4.69) is 21.2 Å². The molecule has 0 spiro atoms. The highest BCUT2D eigenvalue weighted by Gasteiger charge is 2.33. The predicted molar refractivity (Wildman–Crippen MR) is 159 cm³/mol. The summed E-state index contributed by atoms with van der Waals surface area (Å²) in [5.41, 5.74) is 1.73. The van der Waals surface area contributed by atoms with Gasteiger partial charge in [-0.2, -0.15) is 0 Å². The first-order valence-corrected chi connectivity index (χ1v) is 15.2. The molecule has 3 aromatic rings. The number of halogens is 2. The number of carbonyl (C=O) groups is 2. The highest BCUT2D eigenvalue weighted by molar-refractivity contribution is 9.10. The number of hydrogen-bond donors (Lipinski definition) is 1. The van der Waals surface area contributed by atoms with Gasteiger partial charge in [0.1, 0.15) is 12.6 Å². The van der Waals surface area contributed by atoms with E-state index in [9.17, 15) is 18.0 Å². The molecule has 39 heavy (non-hydrogen) atoms. The Morgan fingerprint density at radius 1 is 1.00 bits per heavy atom. The summed E-state index contributed by atoms with van der Waals surface area (Å²) >= 11 is 9.56. The minimum absolute atomic E-state index is 0.0502. The SMILES string of the molecule is CC[C@@H](C)NC(=O)[C@H](C)N(Cc1ccc(Br)cc1)C(=O)CN(c1ccc(Cl)cc1C)S(=O)(=O)c1ccccc1. The van der Waals surface area contributed by atoms with Gasteiger partial charge in [0, 0.05) is 22.1 Å². The van der Waals surface area contributed by atoms with Gasteiger partial charge in [0.25, 0.3) is 10.0 Å². The van der Waals surface area contributed by atoms with Crippen LogP contribution in [0.25, 0.3) is 0 Å². The Morgan fingerprint density at radius 3 is 2.23 bits per heavy atom. The molecule has 0 unspecified atom stereocenters. The van der Waals surface area contributed by atoms with Crippen LogP contribution in [0.5, 0.6) is 0 Å². The summed E-state index contributed by atoms with van der Waals surface area (Å²) in [6.07, 6.45) is 0.734. The number of carbonyl (C=O) groups excluding carboxylic acids is 2. The van der Waals surface area contributed by atoms with Crippen LogP contribution in [0.2, 0.25) is 5.02 Å². The molecule has 0 saturated carbocycles. The second kappa shape index (κ2) is 13.5. The van der Waals surface area contributed by atoms with E-state index in [-0.39, 0.29) is 23.4 Å². The van der Waals surface area contributed by atoms with Crippen molar-refractivity contribution in [3.8, 4) is 0 Å². The second-order valence-corrected chi connectivity index (χ2v) is 12.6. The highest BCUT2D eigenvalue weighted by Crippen LogP contribution is 2.29. The lowest BCUT2D eigenvalue weighted by Gasteiger charge is -2.33. The zero-order chi connectivity index (χ0) is 28.7. The van der Waals surface area contributed by atoms with Gasteiger partial charge >= 0.3 is 0 Å². The van der Waals surface area contributed by atoms with Gasteiger partial charge in [0.05, 0.1) is 10.6 Å². The second-order valence-electron chi connectivity index (χ2n) is 9.40. The predicted octanol–water partition coefficient (Wildman–Crippen LogP) is 5.94. The maximum absolute atomic E-state index is 14.0. The van der Waals surface area contributed by atoms with Crippen molar-refractivity contribution in [2.45, 2.75) is 57.6 Å². The summed E-state index contributed by atoms with van der Waals surface area (Å²) < 4.78 is 29.7. The third kappa shape index (κ3) is 7.84. The van der Waals surface area contributed by atoms with Crippen LogP contribution >= 0.6 is 27.5 Å². The third-order valence-electron chi connectivity index (χ3n) is 6.47. The first-order chi connectivity index (χ1) is 18.4. The Hall–Kier alpha value is -2.88. The normalized spacial score (nSPS) is 12.9. The topological polar surface area (TPSA) is 86.8 Å². The van der Waals surface area contributed by atoms with Crippen LogP contribution in [-0.4, -0.2) is 43.8 Å². The standard InChI is InChI=1S/C29H33BrClN3O4S/c1-5-21(3)32-29(36)22(4)33(18-23-11-13-24(30)14-12-23)28(35)19-34(27-16-15-25(31)17-20(27)2)39(37,38)26-9-7-6-8-10-26/h6-17,21-22H,5,18-19H2,1-4H3,(H,32,36)/t21-,22+/m1/s1. The molecule has 0 saturated heterocycles. The molecule has 10 heteroatoms. The van der Waals surface area contributed by atoms with E-state index in [1.54, 1.807) is 50.2 Å². The molecule has 3 rings (SSSR count). The number of nitrogens with one attached hydrogen (secondary N) is 1. The fourth-order valence-electron chi connectivity index (χ4n) is 3.97. The summed E-state index contributed by atoms with van der Waals surface area (Å²) in [5.74, 6) is -0.825. The number of rotatable bonds is 11. The van der Waals surface area contributed by atoms with Gasteiger partial charge in [-0.1, -0.05) is 64.8 Å². The fourth-order valence-corrected chi connectivity index (χ4v) is 5.96. The van der Waals surface area contributed by atoms with E-state index in [1.165, 1.54) is 17.0 Å². The van der Waals surface area contributed by atoms with Crippen LogP contribution in [0.3, 0.4) is 0 Å². The molecule has 0 bridgehead atoms. The summed E-state index contributed by atoms with van der Waals surface area (Å²) in [6, 6.07) is 19.3. The minimum atomic E-state index is -4.13. The average Bonchev–Trinajstić information content (AvgIpc) is 2.91. The highest BCUT2D eigenvalue weighted by atomic mass is 79.9. The zero-order valence-corrected chi connectivity index (χ0v) is 25.6. The third-order valence-corrected chi connectivity index (χ3v) is 9.01. The van der Waals surface area contributed by atoms with Gasteiger partial charge in [-0.05, 0) is 80.8 Å². The van der Waals surface area contributed by atoms with Crippen molar-refractivity contribution in [3.05, 3.63) is 93.4 Å². The molecule has 0 aromatic heterocycles. The van der Waals surface area contributed by atoms with Gasteiger partial charge in [0.2, 0.25) is 11.8 Å². The fraction of sp³-hybridized carbons (Fsp3) is 0.310. The zero-order valence-electron chi connectivity index (χ0n) is 22.4. The van der Waals surface area contributed by atoms with Crippen molar-refractivity contribution in [1.29, 1.82) is 0 Å². The molecular formula is C29H33BrClN3O4S. The maximum atomic E-state index is 14.0. The lowest BCUT2D eigenvalue weighted by molar-refractivity contribution is -0.139. The molecule has 0 aliphatic carbocycles. The summed E-state index contributed by atoms with van der Waals surface area (Å²) in [4.78, 5) is 28.5. The van der Waals surface area contributed by atoms with Crippen molar-refractivity contribution < 1.29 is 18.0 Å². The summed E-state index contributed by atoms with van der Waals surface area (Å²) in [5, 5.41) is 3.38. The Labute approximate surface area is 244 Å². The smallest absolute Gasteiger partial charge is 0.264 e. The van der Waals surface area contributed by atoms with Crippen molar-refractivity contribution in [2.24, 2.45) is 0 Å². The van der Waals surface area contributed by atoms with E-state index in [0.717, 1.165) is 20.8 Å². The van der Waals surface area contributed by atoms with Crippen molar-refractivity contribution in [1.82, 2.24) is 10.2 Å². The van der Waals surface area contributed by atoms with E-state index in [0.29, 0.717) is 16.3 Å². The van der Waals surface area contributed by atoms with Crippen molar-refractivity contribution >= 4 is 55.1 Å². The number of nitrogens with zero attached hydrogens (tertiary/aromatic N) is 2. The maximum Gasteiger partial charge on any atom is 0.264 e. The number of hydrogen-bond acceptors (Lipinski definition) is 4. The van der Waals surface area contributed by atoms with Gasteiger partial charge in [0.15, 0.2) is 0 Å². The van der Waals surface area contributed by atoms with Crippen LogP contribution < -0.4 is 9.62 Å². The van der Waals surface area contributed by atoms with Crippen molar-refractivity contribution in [2.75, 3.05) is 10.8 Å². The van der Waals surface area contributed by atoms with Crippen molar-refractivity contribution in [3.63, 3.8) is 0 Å². The van der Waals surface area contributed by atoms with Crippen LogP contribution in [0, 0.1) is 6.92 Å². The molecule has 208 valence electrons. The van der Waals surface area contributed by atoms with E-state index in [1.807, 2.05) is 38.1 Å². The number of sulfonamides is 1. The van der Waals surface area contributed by atoms with Crippen LogP contribution in [0.4, 0.5) is 5.69 Å². The van der Waals surface area contributed by atoms with Gasteiger partial charge in [-0.3, -0.25) is 13.9 Å². The molecule has 0 aliphatic heterocycles. The quantitative estimate of drug-likeness (QED) is 0.283. The largest absolute Gasteiger partial charge is 0.352 e. The van der Waals surface area contributed by atoms with E-state index < -0.39 is 28.5 Å². The van der Waals surface area contributed by atoms with Gasteiger partial charge in [-0.25, -0.2) is 8.42 Å². The van der Waals surface area contributed by atoms with Crippen LogP contribution in [0.15, 0.2) is 82.2 Å². The molecule has 0 heterocycles. The number of amides is 2. The Bertz CT molecular complexity index is 1400. The Kier molecular flexibility index (Phi) is 10.6. The molecule has 0 aliphatic rings. The van der Waals surface area contributed by atoms with Crippen LogP contribution in [0.1, 0.15) is 38.3 Å². The summed E-state index contributed by atoms with van der Waals surface area (Å²) in [7, 11) is -4.13. The number of benzene rings is 3. The molecule has 0 radical (unpaired) electrons. The molecule has 2 atom stereocenters. The van der Waals surface area contributed by atoms with Gasteiger partial charge in [-0.15, -0.1) is 0 Å². The molecule has 2 amide bonds. The first-order valence-electron chi connectivity index (χ1n) is 12.6. The van der Waals surface area contributed by atoms with E-state index >= 15 is 0 Å². The first kappa shape index (κ1) is 30.7. The van der Waals surface area contributed by atoms with Gasteiger partial charge < -0.3 is 10.2 Å². The molecule has 0 fully saturated rings. The monoisotopic (exact) mass is 633 g/mol. The average molecular weight is 635 g/mol. The lowest BCUT2D eigenvalue weighted by atomic mass is 10.1. The number of aryl methyl sites for hydroxylation is 1. The molecular weight excluding hydrogens is 602 g/mol. The van der Waals surface area contributed by atoms with E-state index in [4.69, 9.17) is 11.6 Å². The lowest BCUT2D eigenvalue weighted by Crippen LogP contribution is -2.52. The molecule has 3 aromatic carbocycles. The Morgan fingerprint density at radius 2 is 1.64 bits per heavy atom. The number of anilines is 1. The summed E-state index contributed by atoms with van der Waals surface area (Å²) in [6.45, 7) is 6.86.